The molecule has 0 atom stereocenters. The van der Waals surface area contributed by atoms with Crippen LogP contribution in [-0.4, -0.2) is 43.0 Å². The van der Waals surface area contributed by atoms with Gasteiger partial charge in [-0.1, -0.05) is 19.3 Å². The molecule has 1 aromatic rings. The Bertz CT molecular complexity index is 626. The smallest absolute Gasteiger partial charge is 0.243 e. The number of rotatable bonds is 6. The second-order valence-corrected chi connectivity index (χ2v) is 6.86. The van der Waals surface area contributed by atoms with Crippen molar-refractivity contribution >= 4 is 23.2 Å². The number of hydrogen-bond acceptors (Lipinski definition) is 4. The predicted octanol–water partition coefficient (Wildman–Crippen LogP) is 3.00. The fraction of sp³-hybridized carbons (Fsp3) is 0.579. The third kappa shape index (κ3) is 4.65. The molecule has 0 bridgehead atoms. The van der Waals surface area contributed by atoms with Crippen LogP contribution >= 0.6 is 0 Å². The first kappa shape index (κ1) is 17.6. The molecule has 0 saturated heterocycles. The average Bonchev–Trinajstić information content (AvgIpc) is 2.65. The minimum atomic E-state index is -0.0400. The van der Waals surface area contributed by atoms with E-state index in [0.29, 0.717) is 25.5 Å². The molecule has 25 heavy (non-hydrogen) atoms. The van der Waals surface area contributed by atoms with E-state index in [1.165, 1.54) is 19.3 Å². The van der Waals surface area contributed by atoms with Gasteiger partial charge in [-0.15, -0.1) is 0 Å². The summed E-state index contributed by atoms with van der Waals surface area (Å²) in [5, 5.41) is 5.87. The summed E-state index contributed by atoms with van der Waals surface area (Å²) >= 11 is 0. The number of hydrogen-bond donors (Lipinski definition) is 2. The Morgan fingerprint density at radius 3 is 2.84 bits per heavy atom. The molecule has 6 nitrogen and oxygen atoms in total. The fourth-order valence-electron chi connectivity index (χ4n) is 3.50. The van der Waals surface area contributed by atoms with E-state index in [1.807, 2.05) is 30.1 Å². The molecule has 0 unspecified atom stereocenters. The summed E-state index contributed by atoms with van der Waals surface area (Å²) in [4.78, 5) is 25.5. The summed E-state index contributed by atoms with van der Waals surface area (Å²) in [6.45, 7) is 0.786. The molecule has 6 heteroatoms. The summed E-state index contributed by atoms with van der Waals surface area (Å²) in [7, 11) is 1.93. The first-order valence-corrected chi connectivity index (χ1v) is 9.20. The lowest BCUT2D eigenvalue weighted by Crippen LogP contribution is -2.38. The van der Waals surface area contributed by atoms with Gasteiger partial charge >= 0.3 is 0 Å². The van der Waals surface area contributed by atoms with Crippen LogP contribution in [0.1, 0.15) is 44.9 Å². The summed E-state index contributed by atoms with van der Waals surface area (Å²) in [6, 6.07) is 5.97. The fourth-order valence-corrected chi connectivity index (χ4v) is 3.50. The van der Waals surface area contributed by atoms with Crippen molar-refractivity contribution in [1.82, 2.24) is 4.90 Å². The van der Waals surface area contributed by atoms with E-state index in [9.17, 15) is 9.59 Å². The van der Waals surface area contributed by atoms with Crippen molar-refractivity contribution in [3.8, 4) is 5.75 Å². The first-order chi connectivity index (χ1) is 12.1. The number of ether oxygens (including phenoxy) is 1. The van der Waals surface area contributed by atoms with Gasteiger partial charge in [-0.2, -0.15) is 0 Å². The van der Waals surface area contributed by atoms with E-state index >= 15 is 0 Å². The number of fused-ring (bicyclic) bond motifs is 1. The molecule has 3 rings (SSSR count). The molecular formula is C19H27N3O3. The molecule has 1 fully saturated rings. The number of amides is 2. The Hall–Kier alpha value is -2.24. The van der Waals surface area contributed by atoms with Crippen molar-refractivity contribution in [3.05, 3.63) is 18.2 Å². The zero-order valence-corrected chi connectivity index (χ0v) is 14.8. The Balaban J connectivity index is 1.41. The Labute approximate surface area is 148 Å². The number of nitrogens with zero attached hydrogens (tertiary/aromatic N) is 1. The van der Waals surface area contributed by atoms with Gasteiger partial charge in [0.25, 0.3) is 0 Å². The number of benzene rings is 1. The minimum absolute atomic E-state index is 0.0400. The molecule has 2 aliphatic rings. The predicted molar refractivity (Wildman–Crippen MR) is 97.9 cm³/mol. The molecule has 1 aliphatic carbocycles. The maximum Gasteiger partial charge on any atom is 0.243 e. The monoisotopic (exact) mass is 345 g/mol. The van der Waals surface area contributed by atoms with Crippen molar-refractivity contribution in [3.63, 3.8) is 0 Å². The van der Waals surface area contributed by atoms with Crippen LogP contribution in [0.25, 0.3) is 0 Å². The SMILES string of the molecule is CN(C(=O)CCCOc1ccc2c(c1)NCC(=O)N2)C1CCCCC1. The second-order valence-electron chi connectivity index (χ2n) is 6.86. The first-order valence-electron chi connectivity index (χ1n) is 9.20. The van der Waals surface area contributed by atoms with E-state index in [0.717, 1.165) is 30.0 Å². The summed E-state index contributed by atoms with van der Waals surface area (Å²) in [6.07, 6.45) is 7.26. The third-order valence-electron chi connectivity index (χ3n) is 5.02. The van der Waals surface area contributed by atoms with Crippen molar-refractivity contribution in [1.29, 1.82) is 0 Å². The van der Waals surface area contributed by atoms with Crippen molar-refractivity contribution in [2.24, 2.45) is 0 Å². The van der Waals surface area contributed by atoms with E-state index in [-0.39, 0.29) is 18.4 Å². The lowest BCUT2D eigenvalue weighted by molar-refractivity contribution is -0.132. The van der Waals surface area contributed by atoms with Crippen molar-refractivity contribution in [2.45, 2.75) is 51.0 Å². The highest BCUT2D eigenvalue weighted by molar-refractivity contribution is 6.00. The van der Waals surface area contributed by atoms with Crippen LogP contribution in [0.3, 0.4) is 0 Å². The van der Waals surface area contributed by atoms with Crippen LogP contribution < -0.4 is 15.4 Å². The highest BCUT2D eigenvalue weighted by atomic mass is 16.5. The number of carbonyl (C=O) groups excluding carboxylic acids is 2. The zero-order valence-electron chi connectivity index (χ0n) is 14.8. The molecule has 1 aromatic carbocycles. The quantitative estimate of drug-likeness (QED) is 0.778. The molecule has 1 aliphatic heterocycles. The topological polar surface area (TPSA) is 70.7 Å². The van der Waals surface area contributed by atoms with Crippen LogP contribution in [0.15, 0.2) is 18.2 Å². The highest BCUT2D eigenvalue weighted by Gasteiger charge is 2.21. The number of nitrogens with one attached hydrogen (secondary N) is 2. The lowest BCUT2D eigenvalue weighted by atomic mass is 9.94. The molecule has 136 valence electrons. The Kier molecular flexibility index (Phi) is 5.79. The number of carbonyl (C=O) groups is 2. The van der Waals surface area contributed by atoms with Gasteiger partial charge in [0.15, 0.2) is 0 Å². The Morgan fingerprint density at radius 1 is 1.24 bits per heavy atom. The Morgan fingerprint density at radius 2 is 2.04 bits per heavy atom. The largest absolute Gasteiger partial charge is 0.494 e. The molecule has 2 amide bonds. The average molecular weight is 345 g/mol. The third-order valence-corrected chi connectivity index (χ3v) is 5.02. The van der Waals surface area contributed by atoms with Gasteiger partial charge in [0.05, 0.1) is 24.5 Å². The van der Waals surface area contributed by atoms with Crippen molar-refractivity contribution in [2.75, 3.05) is 30.8 Å². The highest BCUT2D eigenvalue weighted by Crippen LogP contribution is 2.29. The summed E-state index contributed by atoms with van der Waals surface area (Å²) in [5.41, 5.74) is 1.64. The molecular weight excluding hydrogens is 318 g/mol. The van der Waals surface area contributed by atoms with E-state index < -0.39 is 0 Å². The normalized spacial score (nSPS) is 17.2. The molecule has 1 saturated carbocycles. The standard InChI is InChI=1S/C19H27N3O3/c1-22(14-6-3-2-4-7-14)19(24)8-5-11-25-15-9-10-16-17(12-15)20-13-18(23)21-16/h9-10,12,14,20H,2-8,11,13H2,1H3,(H,21,23). The lowest BCUT2D eigenvalue weighted by Gasteiger charge is -2.31. The van der Waals surface area contributed by atoms with E-state index in [4.69, 9.17) is 4.74 Å². The van der Waals surface area contributed by atoms with E-state index in [1.54, 1.807) is 0 Å². The van der Waals surface area contributed by atoms with Gasteiger partial charge in [-0.3, -0.25) is 9.59 Å². The maximum absolute atomic E-state index is 12.3. The molecule has 2 N–H and O–H groups in total. The van der Waals surface area contributed by atoms with Gasteiger partial charge in [-0.25, -0.2) is 0 Å². The minimum Gasteiger partial charge on any atom is -0.494 e. The van der Waals surface area contributed by atoms with Gasteiger partial charge in [0.1, 0.15) is 5.75 Å². The molecule has 1 heterocycles. The summed E-state index contributed by atoms with van der Waals surface area (Å²) in [5.74, 6) is 0.919. The maximum atomic E-state index is 12.3. The van der Waals surface area contributed by atoms with E-state index in [2.05, 4.69) is 10.6 Å². The van der Waals surface area contributed by atoms with Crippen molar-refractivity contribution < 1.29 is 14.3 Å². The van der Waals surface area contributed by atoms with Crippen LogP contribution in [0.2, 0.25) is 0 Å². The van der Waals surface area contributed by atoms with Crippen LogP contribution in [0, 0.1) is 0 Å². The molecule has 0 spiro atoms. The summed E-state index contributed by atoms with van der Waals surface area (Å²) < 4.78 is 5.75. The van der Waals surface area contributed by atoms with Crippen LogP contribution in [-0.2, 0) is 9.59 Å². The van der Waals surface area contributed by atoms with Gasteiger partial charge in [0.2, 0.25) is 11.8 Å². The number of anilines is 2. The van der Waals surface area contributed by atoms with Gasteiger partial charge < -0.3 is 20.3 Å². The van der Waals surface area contributed by atoms with Gasteiger partial charge in [0, 0.05) is 25.6 Å². The molecule has 0 aromatic heterocycles. The second kappa shape index (κ2) is 8.23. The van der Waals surface area contributed by atoms with Gasteiger partial charge in [-0.05, 0) is 31.4 Å². The van der Waals surface area contributed by atoms with Crippen LogP contribution in [0.5, 0.6) is 5.75 Å². The molecule has 0 radical (unpaired) electrons. The zero-order chi connectivity index (χ0) is 17.6. The van der Waals surface area contributed by atoms with Crippen LogP contribution in [0.4, 0.5) is 11.4 Å².